The number of carbonyl (C=O) groups is 1. The minimum atomic E-state index is -1.47. The number of fused-ring (bicyclic) bond motifs is 1. The number of benzene rings is 1. The van der Waals surface area contributed by atoms with Crippen molar-refractivity contribution in [2.24, 2.45) is 0 Å². The lowest BCUT2D eigenvalue weighted by atomic mass is 10.1. The van der Waals surface area contributed by atoms with E-state index in [0.29, 0.717) is 28.5 Å². The van der Waals surface area contributed by atoms with E-state index in [0.717, 1.165) is 11.3 Å². The van der Waals surface area contributed by atoms with E-state index in [1.54, 1.807) is 19.4 Å². The van der Waals surface area contributed by atoms with E-state index in [1.807, 2.05) is 31.2 Å². The van der Waals surface area contributed by atoms with Crippen LogP contribution in [0.2, 0.25) is 0 Å². The fourth-order valence-electron chi connectivity index (χ4n) is 4.51. The molecule has 5 heterocycles. The molecule has 0 unspecified atom stereocenters. The fourth-order valence-corrected chi connectivity index (χ4v) is 4.51. The normalized spacial score (nSPS) is 20.4. The van der Waals surface area contributed by atoms with Crippen LogP contribution < -0.4 is 15.4 Å². The van der Waals surface area contributed by atoms with E-state index in [9.17, 15) is 15.0 Å². The number of amides is 1. The highest BCUT2D eigenvalue weighted by atomic mass is 16.6. The van der Waals surface area contributed by atoms with Crippen LogP contribution in [0, 0.1) is 6.92 Å². The summed E-state index contributed by atoms with van der Waals surface area (Å²) >= 11 is 0. The maximum absolute atomic E-state index is 12.2. The van der Waals surface area contributed by atoms with Gasteiger partial charge in [0, 0.05) is 18.7 Å². The molecule has 4 N–H and O–H groups in total. The van der Waals surface area contributed by atoms with Crippen LogP contribution in [-0.2, 0) is 16.1 Å². The summed E-state index contributed by atoms with van der Waals surface area (Å²) in [5, 5.41) is 39.2. The van der Waals surface area contributed by atoms with Crippen LogP contribution in [0.4, 0.5) is 5.82 Å². The number of carbonyl (C=O) groups excluding carboxylic acids is 1. The van der Waals surface area contributed by atoms with Gasteiger partial charge in [0.2, 0.25) is 0 Å². The van der Waals surface area contributed by atoms with E-state index in [4.69, 9.17) is 14.0 Å². The first-order valence-electron chi connectivity index (χ1n) is 12.6. The minimum absolute atomic E-state index is 0.132. The molecular weight excluding hydrogens is 536 g/mol. The molecule has 41 heavy (non-hydrogen) atoms. The second-order valence-corrected chi connectivity index (χ2v) is 9.31. The number of aryl methyl sites for hydroxylation is 1. The Labute approximate surface area is 231 Å². The Hall–Kier alpha value is -4.93. The van der Waals surface area contributed by atoms with Crippen LogP contribution in [-0.4, -0.2) is 88.3 Å². The molecular formula is C25H26N10O6. The molecule has 1 aliphatic rings. The number of hydrogen-bond acceptors (Lipinski definition) is 13. The number of rotatable bonds is 8. The first-order chi connectivity index (χ1) is 19.9. The Morgan fingerprint density at radius 1 is 1.20 bits per heavy atom. The van der Waals surface area contributed by atoms with Crippen LogP contribution in [0.25, 0.3) is 28.4 Å². The lowest BCUT2D eigenvalue weighted by Gasteiger charge is -2.17. The highest BCUT2D eigenvalue weighted by Crippen LogP contribution is 2.33. The van der Waals surface area contributed by atoms with Gasteiger partial charge in [-0.1, -0.05) is 22.5 Å². The summed E-state index contributed by atoms with van der Waals surface area (Å²) in [5.41, 5.74) is 2.64. The van der Waals surface area contributed by atoms with Crippen molar-refractivity contribution in [3.8, 4) is 23.0 Å². The summed E-state index contributed by atoms with van der Waals surface area (Å²) in [5.74, 6) is 1.12. The van der Waals surface area contributed by atoms with Gasteiger partial charge in [-0.2, -0.15) is 14.6 Å². The predicted octanol–water partition coefficient (Wildman–Crippen LogP) is 0.356. The topological polar surface area (TPSA) is 200 Å². The molecule has 1 aromatic carbocycles. The molecule has 212 valence electrons. The molecule has 4 atom stereocenters. The van der Waals surface area contributed by atoms with Crippen molar-refractivity contribution in [2.45, 2.75) is 38.0 Å². The van der Waals surface area contributed by atoms with Crippen LogP contribution in [0.5, 0.6) is 5.75 Å². The van der Waals surface area contributed by atoms with Crippen LogP contribution in [0.15, 0.2) is 47.4 Å². The summed E-state index contributed by atoms with van der Waals surface area (Å²) in [6, 6.07) is 9.15. The third-order valence-corrected chi connectivity index (χ3v) is 6.60. The molecule has 1 fully saturated rings. The van der Waals surface area contributed by atoms with Gasteiger partial charge in [-0.3, -0.25) is 9.36 Å². The summed E-state index contributed by atoms with van der Waals surface area (Å²) in [4.78, 5) is 25.9. The lowest BCUT2D eigenvalue weighted by molar-refractivity contribution is -0.137. The van der Waals surface area contributed by atoms with Gasteiger partial charge in [0.1, 0.15) is 23.7 Å². The molecule has 0 radical (unpaired) electrons. The van der Waals surface area contributed by atoms with E-state index < -0.39 is 30.4 Å². The first-order valence-corrected chi connectivity index (χ1v) is 12.6. The van der Waals surface area contributed by atoms with Gasteiger partial charge in [0.05, 0.1) is 31.9 Å². The lowest BCUT2D eigenvalue weighted by Crippen LogP contribution is -2.41. The largest absolute Gasteiger partial charge is 0.497 e. The third kappa shape index (κ3) is 4.83. The maximum Gasteiger partial charge on any atom is 0.256 e. The Bertz CT molecular complexity index is 1710. The van der Waals surface area contributed by atoms with Crippen LogP contribution in [0.3, 0.4) is 0 Å². The second-order valence-electron chi connectivity index (χ2n) is 9.31. The Kier molecular flexibility index (Phi) is 6.78. The summed E-state index contributed by atoms with van der Waals surface area (Å²) in [6.45, 7) is 2.05. The second kappa shape index (κ2) is 10.6. The summed E-state index contributed by atoms with van der Waals surface area (Å²) < 4.78 is 19.2. The molecule has 1 saturated heterocycles. The number of likely N-dealkylation sites (N-methyl/N-ethyl adjacent to an activating group) is 1. The molecule has 0 aliphatic carbocycles. The van der Waals surface area contributed by atoms with E-state index in [-0.39, 0.29) is 18.1 Å². The van der Waals surface area contributed by atoms with E-state index in [1.165, 1.54) is 22.6 Å². The number of hydrogen-bond donors (Lipinski definition) is 4. The molecule has 0 spiro atoms. The number of aromatic nitrogens is 8. The molecule has 16 heteroatoms. The minimum Gasteiger partial charge on any atom is -0.497 e. The van der Waals surface area contributed by atoms with E-state index in [2.05, 4.69) is 41.1 Å². The average Bonchev–Trinajstić information content (AvgIpc) is 3.79. The van der Waals surface area contributed by atoms with Crippen molar-refractivity contribution in [2.75, 3.05) is 19.5 Å². The molecule has 4 aromatic heterocycles. The standard InChI is InChI=1S/C25H26N10O6/c1-12-7-15(41-32-12)9-27-21-17-22(34(11-28-17)24-19(37)18(36)20(40-24)23(38)26-2)30-25(29-21)35-10-16(31-33-35)13-5-4-6-14(8-13)39-3/h4-8,10-11,18-20,24,36-37H,9H2,1-3H3,(H,26,38)(H,27,29,30)/t18-,19+,20-,24+/m0/s1. The Balaban J connectivity index is 1.41. The summed E-state index contributed by atoms with van der Waals surface area (Å²) in [7, 11) is 2.99. The zero-order chi connectivity index (χ0) is 28.7. The number of methoxy groups -OCH3 is 1. The van der Waals surface area contributed by atoms with Gasteiger partial charge >= 0.3 is 0 Å². The molecule has 5 aromatic rings. The van der Waals surface area contributed by atoms with Gasteiger partial charge in [0.15, 0.2) is 35.1 Å². The first kappa shape index (κ1) is 26.3. The molecule has 16 nitrogen and oxygen atoms in total. The van der Waals surface area contributed by atoms with Crippen LogP contribution in [0.1, 0.15) is 17.7 Å². The molecule has 1 amide bonds. The van der Waals surface area contributed by atoms with Crippen molar-refractivity contribution < 1.29 is 29.0 Å². The highest BCUT2D eigenvalue weighted by molar-refractivity contribution is 5.84. The van der Waals surface area contributed by atoms with Gasteiger partial charge in [-0.05, 0) is 19.1 Å². The number of nitrogens with one attached hydrogen (secondary N) is 2. The van der Waals surface area contributed by atoms with Crippen molar-refractivity contribution in [1.29, 1.82) is 0 Å². The van der Waals surface area contributed by atoms with Crippen molar-refractivity contribution >= 4 is 22.9 Å². The molecule has 6 rings (SSSR count). The van der Waals surface area contributed by atoms with Gasteiger partial charge in [-0.25, -0.2) is 4.98 Å². The number of ether oxygens (including phenoxy) is 2. The zero-order valence-electron chi connectivity index (χ0n) is 22.2. The van der Waals surface area contributed by atoms with Crippen LogP contribution >= 0.6 is 0 Å². The number of anilines is 1. The van der Waals surface area contributed by atoms with Crippen molar-refractivity contribution in [3.63, 3.8) is 0 Å². The SMILES string of the molecule is CNC(=O)[C@H]1O[C@@H](n2cnc3c(NCc4cc(C)no4)nc(-n4cc(-c5cccc(OC)c5)nn4)nc32)[C@H](O)[C@@H]1O. The molecule has 1 aliphatic heterocycles. The highest BCUT2D eigenvalue weighted by Gasteiger charge is 2.47. The fraction of sp³-hybridized carbons (Fsp3) is 0.320. The monoisotopic (exact) mass is 562 g/mol. The summed E-state index contributed by atoms with van der Waals surface area (Å²) in [6.07, 6.45) is -2.30. The number of imidazole rings is 1. The maximum atomic E-state index is 12.2. The molecule has 0 saturated carbocycles. The van der Waals surface area contributed by atoms with Crippen molar-refractivity contribution in [3.05, 3.63) is 54.3 Å². The molecule has 0 bridgehead atoms. The number of aliphatic hydroxyl groups excluding tert-OH is 2. The zero-order valence-corrected chi connectivity index (χ0v) is 22.2. The van der Waals surface area contributed by atoms with Gasteiger partial charge in [-0.15, -0.1) is 5.10 Å². The number of aliphatic hydroxyl groups is 2. The Morgan fingerprint density at radius 3 is 2.80 bits per heavy atom. The average molecular weight is 563 g/mol. The predicted molar refractivity (Wildman–Crippen MR) is 141 cm³/mol. The smallest absolute Gasteiger partial charge is 0.256 e. The van der Waals surface area contributed by atoms with E-state index >= 15 is 0 Å². The van der Waals surface area contributed by atoms with Gasteiger partial charge < -0.3 is 34.8 Å². The third-order valence-electron chi connectivity index (χ3n) is 6.60. The number of nitrogens with zero attached hydrogens (tertiary/aromatic N) is 8. The Morgan fingerprint density at radius 2 is 2.05 bits per heavy atom. The quantitative estimate of drug-likeness (QED) is 0.202. The van der Waals surface area contributed by atoms with Crippen molar-refractivity contribution in [1.82, 2.24) is 45.0 Å². The van der Waals surface area contributed by atoms with Gasteiger partial charge in [0.25, 0.3) is 11.9 Å².